The number of carbonyl (C=O) groups is 1. The fourth-order valence-corrected chi connectivity index (χ4v) is 4.10. The van der Waals surface area contributed by atoms with Crippen LogP contribution >= 0.6 is 0 Å². The van der Waals surface area contributed by atoms with Crippen molar-refractivity contribution in [2.45, 2.75) is 83.7 Å². The summed E-state index contributed by atoms with van der Waals surface area (Å²) in [7, 11) is -0.526. The van der Waals surface area contributed by atoms with E-state index in [-0.39, 0.29) is 6.79 Å². The molecule has 0 aliphatic heterocycles. The van der Waals surface area contributed by atoms with Gasteiger partial charge in [0.05, 0.1) is 0 Å². The van der Waals surface area contributed by atoms with E-state index in [1.807, 2.05) is 6.55 Å². The van der Waals surface area contributed by atoms with Crippen molar-refractivity contribution in [1.29, 1.82) is 0 Å². The zero-order valence-corrected chi connectivity index (χ0v) is 16.4. The lowest BCUT2D eigenvalue weighted by Gasteiger charge is -2.24. The highest BCUT2D eigenvalue weighted by atomic mass is 28.4. The van der Waals surface area contributed by atoms with Crippen LogP contribution in [0.2, 0.25) is 12.6 Å². The van der Waals surface area contributed by atoms with Gasteiger partial charge in [-0.2, -0.15) is 0 Å². The van der Waals surface area contributed by atoms with Crippen LogP contribution in [0.3, 0.4) is 0 Å². The number of unbranched alkanes of at least 4 members (excludes halogenated alkanes) is 9. The molecule has 0 bridgehead atoms. The molecule has 0 spiro atoms. The molecule has 1 atom stereocenters. The molecule has 0 saturated carbocycles. The van der Waals surface area contributed by atoms with Gasteiger partial charge in [0, 0.05) is 13.2 Å². The van der Waals surface area contributed by atoms with Crippen LogP contribution in [-0.4, -0.2) is 28.4 Å². The Kier molecular flexibility index (Phi) is 14.5. The highest BCUT2D eigenvalue weighted by Crippen LogP contribution is 2.18. The highest BCUT2D eigenvalue weighted by molar-refractivity contribution is 6.65. The summed E-state index contributed by atoms with van der Waals surface area (Å²) < 4.78 is 16.1. The van der Waals surface area contributed by atoms with Gasteiger partial charge >= 0.3 is 14.5 Å². The molecule has 0 aliphatic rings. The van der Waals surface area contributed by atoms with Gasteiger partial charge in [-0.15, -0.1) is 0 Å². The minimum atomic E-state index is -2.20. The second kappa shape index (κ2) is 14.9. The van der Waals surface area contributed by atoms with Crippen molar-refractivity contribution in [2.24, 2.45) is 0 Å². The molecule has 5 heteroatoms. The highest BCUT2D eigenvalue weighted by Gasteiger charge is 2.29. The fourth-order valence-electron chi connectivity index (χ4n) is 2.44. The number of hydrogen-bond donors (Lipinski definition) is 0. The summed E-state index contributed by atoms with van der Waals surface area (Å²) in [5.74, 6) is -0.462. The van der Waals surface area contributed by atoms with Crippen LogP contribution in [0.25, 0.3) is 0 Å². The second-order valence-corrected chi connectivity index (χ2v) is 9.66. The third kappa shape index (κ3) is 13.5. The Morgan fingerprint density at radius 3 is 2.00 bits per heavy atom. The van der Waals surface area contributed by atoms with Gasteiger partial charge in [0.1, 0.15) is 0 Å². The molecule has 0 fully saturated rings. The number of hydrogen-bond acceptors (Lipinski definition) is 4. The Balaban J connectivity index is 3.58. The van der Waals surface area contributed by atoms with Crippen LogP contribution in [-0.2, 0) is 18.4 Å². The fraction of sp³-hybridized carbons (Fsp3) is 0.833. The first-order chi connectivity index (χ1) is 11.1. The van der Waals surface area contributed by atoms with E-state index in [1.54, 1.807) is 7.11 Å². The molecule has 0 aliphatic carbocycles. The van der Waals surface area contributed by atoms with Crippen LogP contribution in [0, 0.1) is 0 Å². The smallest absolute Gasteiger partial charge is 0.337 e. The molecule has 4 nitrogen and oxygen atoms in total. The average Bonchev–Trinajstić information content (AvgIpc) is 2.56. The summed E-state index contributed by atoms with van der Waals surface area (Å²) >= 11 is 0. The number of rotatable bonds is 16. The molecular formula is C18H36O4Si. The van der Waals surface area contributed by atoms with Crippen LogP contribution in [0.15, 0.2) is 12.7 Å². The van der Waals surface area contributed by atoms with Gasteiger partial charge in [-0.05, 0) is 12.6 Å². The van der Waals surface area contributed by atoms with Crippen molar-refractivity contribution in [3.63, 3.8) is 0 Å². The number of carbonyl (C=O) groups excluding carboxylic acids is 1. The van der Waals surface area contributed by atoms with E-state index in [4.69, 9.17) is 13.6 Å². The summed E-state index contributed by atoms with van der Waals surface area (Å²) in [6.07, 6.45) is 14.3. The lowest BCUT2D eigenvalue weighted by atomic mass is 10.1. The molecule has 1 unspecified atom stereocenters. The summed E-state index contributed by atoms with van der Waals surface area (Å²) in [5.41, 5.74) is 0. The maximum absolute atomic E-state index is 11.0. The van der Waals surface area contributed by atoms with Crippen molar-refractivity contribution in [3.8, 4) is 0 Å². The van der Waals surface area contributed by atoms with Crippen LogP contribution in [0.5, 0.6) is 0 Å². The van der Waals surface area contributed by atoms with E-state index < -0.39 is 14.5 Å². The van der Waals surface area contributed by atoms with Gasteiger partial charge in [0.2, 0.25) is 0 Å². The monoisotopic (exact) mass is 344 g/mol. The largest absolute Gasteiger partial charge is 0.436 e. The average molecular weight is 345 g/mol. The SMILES string of the molecule is C=CC(=O)OCO[Si](C)(CCCCCCCCCCCC)OC. The molecule has 0 heterocycles. The molecule has 0 aromatic carbocycles. The van der Waals surface area contributed by atoms with Crippen molar-refractivity contribution < 1.29 is 18.4 Å². The third-order valence-corrected chi connectivity index (χ3v) is 7.00. The van der Waals surface area contributed by atoms with Crippen LogP contribution < -0.4 is 0 Å². The Bertz CT molecular complexity index is 309. The first kappa shape index (κ1) is 22.3. The lowest BCUT2D eigenvalue weighted by Crippen LogP contribution is -2.38. The molecular weight excluding hydrogens is 308 g/mol. The van der Waals surface area contributed by atoms with Crippen molar-refractivity contribution in [1.82, 2.24) is 0 Å². The number of esters is 1. The van der Waals surface area contributed by atoms with E-state index in [9.17, 15) is 4.79 Å². The van der Waals surface area contributed by atoms with E-state index in [2.05, 4.69) is 13.5 Å². The van der Waals surface area contributed by atoms with Gasteiger partial charge in [0.15, 0.2) is 6.79 Å². The van der Waals surface area contributed by atoms with Crippen molar-refractivity contribution in [2.75, 3.05) is 13.9 Å². The Morgan fingerprint density at radius 2 is 1.52 bits per heavy atom. The van der Waals surface area contributed by atoms with Gasteiger partial charge in [-0.1, -0.05) is 77.7 Å². The van der Waals surface area contributed by atoms with Crippen LogP contribution in [0.4, 0.5) is 0 Å². The molecule has 0 aromatic heterocycles. The lowest BCUT2D eigenvalue weighted by molar-refractivity contribution is -0.145. The summed E-state index contributed by atoms with van der Waals surface area (Å²) in [6.45, 7) is 7.58. The maximum atomic E-state index is 11.0. The second-order valence-electron chi connectivity index (χ2n) is 6.20. The van der Waals surface area contributed by atoms with Crippen molar-refractivity contribution in [3.05, 3.63) is 12.7 Å². The minimum absolute atomic E-state index is 0.0425. The molecule has 0 N–H and O–H groups in total. The predicted octanol–water partition coefficient (Wildman–Crippen LogP) is 5.33. The standard InChI is InChI=1S/C18H36O4Si/c1-5-7-8-9-10-11-12-13-14-15-16-23(4,20-3)22-17-21-18(19)6-2/h6H,2,5,7-17H2,1,3-4H3. The van der Waals surface area contributed by atoms with Gasteiger partial charge in [-0.3, -0.25) is 0 Å². The van der Waals surface area contributed by atoms with E-state index in [0.29, 0.717) is 0 Å². The van der Waals surface area contributed by atoms with E-state index in [1.165, 1.54) is 57.8 Å². The van der Waals surface area contributed by atoms with E-state index >= 15 is 0 Å². The molecule has 0 rings (SSSR count). The Hall–Kier alpha value is -0.653. The van der Waals surface area contributed by atoms with Gasteiger partial charge < -0.3 is 13.6 Å². The van der Waals surface area contributed by atoms with Gasteiger partial charge in [-0.25, -0.2) is 4.79 Å². The first-order valence-electron chi connectivity index (χ1n) is 9.06. The Morgan fingerprint density at radius 1 is 1.00 bits per heavy atom. The van der Waals surface area contributed by atoms with Gasteiger partial charge in [0.25, 0.3) is 0 Å². The first-order valence-corrected chi connectivity index (χ1v) is 11.6. The number of ether oxygens (including phenoxy) is 1. The molecule has 0 amide bonds. The predicted molar refractivity (Wildman–Crippen MR) is 97.5 cm³/mol. The summed E-state index contributed by atoms with van der Waals surface area (Å²) in [6, 6.07) is 0.936. The van der Waals surface area contributed by atoms with Crippen LogP contribution in [0.1, 0.15) is 71.1 Å². The molecule has 0 radical (unpaired) electrons. The van der Waals surface area contributed by atoms with E-state index in [0.717, 1.165) is 18.5 Å². The maximum Gasteiger partial charge on any atom is 0.337 e. The minimum Gasteiger partial charge on any atom is -0.436 e. The zero-order valence-electron chi connectivity index (χ0n) is 15.4. The Labute approximate surface area is 143 Å². The molecule has 0 aromatic rings. The molecule has 0 saturated heterocycles. The quantitative estimate of drug-likeness (QED) is 0.125. The summed E-state index contributed by atoms with van der Waals surface area (Å²) in [4.78, 5) is 11.0. The zero-order chi connectivity index (χ0) is 17.4. The molecule has 136 valence electrons. The summed E-state index contributed by atoms with van der Waals surface area (Å²) in [5, 5.41) is 0. The third-order valence-electron chi connectivity index (χ3n) is 4.15. The normalized spacial score (nSPS) is 13.5. The topological polar surface area (TPSA) is 44.8 Å². The molecule has 23 heavy (non-hydrogen) atoms. The van der Waals surface area contributed by atoms with Crippen molar-refractivity contribution >= 4 is 14.5 Å².